The highest BCUT2D eigenvalue weighted by atomic mass is 16.5. The van der Waals surface area contributed by atoms with Crippen LogP contribution in [0.15, 0.2) is 0 Å². The topological polar surface area (TPSA) is 40.5 Å². The molecule has 1 atom stereocenters. The van der Waals surface area contributed by atoms with Crippen molar-refractivity contribution >= 4 is 0 Å². The second-order valence-corrected chi connectivity index (χ2v) is 4.08. The summed E-state index contributed by atoms with van der Waals surface area (Å²) >= 11 is 0. The SMILES string of the molecule is CCC(C)CC(C)(C)C(O)O. The van der Waals surface area contributed by atoms with E-state index in [-0.39, 0.29) is 5.41 Å². The number of aliphatic hydroxyl groups excluding tert-OH is 1. The quantitative estimate of drug-likeness (QED) is 0.615. The van der Waals surface area contributed by atoms with Gasteiger partial charge in [0.1, 0.15) is 0 Å². The Kier molecular flexibility index (Phi) is 4.04. The molecular formula is C9H20O2. The first-order chi connectivity index (χ1) is 4.90. The molecule has 11 heavy (non-hydrogen) atoms. The predicted molar refractivity (Wildman–Crippen MR) is 46.1 cm³/mol. The molecule has 0 aromatic carbocycles. The maximum absolute atomic E-state index is 8.98. The summed E-state index contributed by atoms with van der Waals surface area (Å²) in [5.41, 5.74) is -0.366. The molecule has 0 rings (SSSR count). The van der Waals surface area contributed by atoms with Crippen LogP contribution in [0.2, 0.25) is 0 Å². The minimum absolute atomic E-state index is 0.366. The Hall–Kier alpha value is -0.0800. The number of hydrogen-bond acceptors (Lipinski definition) is 2. The van der Waals surface area contributed by atoms with Crippen molar-refractivity contribution in [2.24, 2.45) is 11.3 Å². The van der Waals surface area contributed by atoms with Crippen LogP contribution in [0.3, 0.4) is 0 Å². The number of aliphatic hydroxyl groups is 2. The fourth-order valence-corrected chi connectivity index (χ4v) is 1.15. The van der Waals surface area contributed by atoms with Gasteiger partial charge in [0.25, 0.3) is 0 Å². The van der Waals surface area contributed by atoms with Crippen molar-refractivity contribution in [3.63, 3.8) is 0 Å². The van der Waals surface area contributed by atoms with Gasteiger partial charge in [0.2, 0.25) is 0 Å². The molecule has 0 radical (unpaired) electrons. The van der Waals surface area contributed by atoms with E-state index in [4.69, 9.17) is 10.2 Å². The van der Waals surface area contributed by atoms with Crippen LogP contribution >= 0.6 is 0 Å². The zero-order valence-electron chi connectivity index (χ0n) is 7.96. The number of hydrogen-bond donors (Lipinski definition) is 2. The summed E-state index contributed by atoms with van der Waals surface area (Å²) in [4.78, 5) is 0. The first kappa shape index (κ1) is 10.9. The van der Waals surface area contributed by atoms with E-state index in [9.17, 15) is 0 Å². The molecule has 0 aromatic rings. The molecule has 0 aliphatic heterocycles. The highest BCUT2D eigenvalue weighted by molar-refractivity contribution is 4.72. The van der Waals surface area contributed by atoms with Gasteiger partial charge >= 0.3 is 0 Å². The third-order valence-corrected chi connectivity index (χ3v) is 2.27. The average molecular weight is 160 g/mol. The molecule has 0 aliphatic carbocycles. The molecule has 0 aromatic heterocycles. The van der Waals surface area contributed by atoms with Crippen molar-refractivity contribution in [2.45, 2.75) is 46.8 Å². The summed E-state index contributed by atoms with van der Waals surface area (Å²) < 4.78 is 0. The largest absolute Gasteiger partial charge is 0.368 e. The van der Waals surface area contributed by atoms with Crippen molar-refractivity contribution in [3.8, 4) is 0 Å². The molecule has 1 unspecified atom stereocenters. The van der Waals surface area contributed by atoms with Crippen LogP contribution in [0.4, 0.5) is 0 Å². The molecule has 2 nitrogen and oxygen atoms in total. The van der Waals surface area contributed by atoms with Crippen molar-refractivity contribution in [3.05, 3.63) is 0 Å². The van der Waals surface area contributed by atoms with Gasteiger partial charge in [-0.1, -0.05) is 34.1 Å². The normalized spacial score (nSPS) is 15.5. The average Bonchev–Trinajstić information content (AvgIpc) is 1.86. The Morgan fingerprint density at radius 3 is 2.00 bits per heavy atom. The second-order valence-electron chi connectivity index (χ2n) is 4.08. The smallest absolute Gasteiger partial charge is 0.156 e. The van der Waals surface area contributed by atoms with Gasteiger partial charge in [0, 0.05) is 5.41 Å². The van der Waals surface area contributed by atoms with Gasteiger partial charge in [-0.3, -0.25) is 0 Å². The molecular weight excluding hydrogens is 140 g/mol. The van der Waals surface area contributed by atoms with Gasteiger partial charge < -0.3 is 10.2 Å². The van der Waals surface area contributed by atoms with Crippen LogP contribution in [-0.2, 0) is 0 Å². The Morgan fingerprint density at radius 1 is 1.27 bits per heavy atom. The minimum atomic E-state index is -1.20. The zero-order valence-corrected chi connectivity index (χ0v) is 7.96. The zero-order chi connectivity index (χ0) is 9.07. The van der Waals surface area contributed by atoms with Gasteiger partial charge in [-0.2, -0.15) is 0 Å². The summed E-state index contributed by atoms with van der Waals surface area (Å²) in [5.74, 6) is 0.562. The molecule has 0 saturated heterocycles. The lowest BCUT2D eigenvalue weighted by Gasteiger charge is -2.29. The molecule has 2 heteroatoms. The maximum atomic E-state index is 8.98. The van der Waals surface area contributed by atoms with E-state index >= 15 is 0 Å². The van der Waals surface area contributed by atoms with Gasteiger partial charge in [0.15, 0.2) is 6.29 Å². The van der Waals surface area contributed by atoms with Gasteiger partial charge in [-0.25, -0.2) is 0 Å². The summed E-state index contributed by atoms with van der Waals surface area (Å²) in [6.45, 7) is 8.00. The van der Waals surface area contributed by atoms with Gasteiger partial charge in [0.05, 0.1) is 0 Å². The molecule has 2 N–H and O–H groups in total. The van der Waals surface area contributed by atoms with E-state index in [1.54, 1.807) is 0 Å². The van der Waals surface area contributed by atoms with Crippen LogP contribution in [-0.4, -0.2) is 16.5 Å². The van der Waals surface area contributed by atoms with Crippen molar-refractivity contribution in [1.29, 1.82) is 0 Å². The molecule has 68 valence electrons. The third-order valence-electron chi connectivity index (χ3n) is 2.27. The Labute approximate surface area is 69.2 Å². The van der Waals surface area contributed by atoms with Crippen molar-refractivity contribution < 1.29 is 10.2 Å². The van der Waals surface area contributed by atoms with Crippen LogP contribution in [0.25, 0.3) is 0 Å². The van der Waals surface area contributed by atoms with Crippen LogP contribution in [0, 0.1) is 11.3 Å². The lowest BCUT2D eigenvalue weighted by molar-refractivity contribution is -0.128. The van der Waals surface area contributed by atoms with Crippen molar-refractivity contribution in [1.82, 2.24) is 0 Å². The van der Waals surface area contributed by atoms with Crippen LogP contribution in [0.5, 0.6) is 0 Å². The monoisotopic (exact) mass is 160 g/mol. The van der Waals surface area contributed by atoms with Gasteiger partial charge in [-0.05, 0) is 12.3 Å². The highest BCUT2D eigenvalue weighted by Crippen LogP contribution is 2.29. The first-order valence-electron chi connectivity index (χ1n) is 4.26. The highest BCUT2D eigenvalue weighted by Gasteiger charge is 2.27. The summed E-state index contributed by atoms with van der Waals surface area (Å²) in [5, 5.41) is 18.0. The van der Waals surface area contributed by atoms with E-state index in [2.05, 4.69) is 13.8 Å². The lowest BCUT2D eigenvalue weighted by Crippen LogP contribution is -2.30. The maximum Gasteiger partial charge on any atom is 0.156 e. The van der Waals surface area contributed by atoms with E-state index in [0.717, 1.165) is 12.8 Å². The molecule has 0 saturated carbocycles. The Morgan fingerprint density at radius 2 is 1.73 bits per heavy atom. The third kappa shape index (κ3) is 3.73. The van der Waals surface area contributed by atoms with Crippen molar-refractivity contribution in [2.75, 3.05) is 0 Å². The summed E-state index contributed by atoms with van der Waals surface area (Å²) in [6.07, 6.45) is 0.758. The molecule has 0 fully saturated rings. The first-order valence-corrected chi connectivity index (χ1v) is 4.26. The summed E-state index contributed by atoms with van der Waals surface area (Å²) in [6, 6.07) is 0. The van der Waals surface area contributed by atoms with E-state index in [1.165, 1.54) is 0 Å². The summed E-state index contributed by atoms with van der Waals surface area (Å²) in [7, 11) is 0. The molecule has 0 bridgehead atoms. The predicted octanol–water partition coefficient (Wildman–Crippen LogP) is 1.76. The van der Waals surface area contributed by atoms with E-state index < -0.39 is 6.29 Å². The standard InChI is InChI=1S/C9H20O2/c1-5-7(2)6-9(3,4)8(10)11/h7-8,10-11H,5-6H2,1-4H3. The van der Waals surface area contributed by atoms with E-state index in [1.807, 2.05) is 13.8 Å². The fourth-order valence-electron chi connectivity index (χ4n) is 1.15. The number of rotatable bonds is 4. The molecule has 0 spiro atoms. The molecule has 0 amide bonds. The van der Waals surface area contributed by atoms with Crippen LogP contribution < -0.4 is 0 Å². The van der Waals surface area contributed by atoms with Crippen LogP contribution in [0.1, 0.15) is 40.5 Å². The minimum Gasteiger partial charge on any atom is -0.368 e. The van der Waals surface area contributed by atoms with Gasteiger partial charge in [-0.15, -0.1) is 0 Å². The Bertz CT molecular complexity index is 108. The molecule has 0 heterocycles. The second kappa shape index (κ2) is 4.07. The molecule has 0 aliphatic rings. The van der Waals surface area contributed by atoms with E-state index in [0.29, 0.717) is 5.92 Å². The Balaban J connectivity index is 3.90. The lowest BCUT2D eigenvalue weighted by atomic mass is 9.82. The fraction of sp³-hybridized carbons (Fsp3) is 1.00.